The van der Waals surface area contributed by atoms with Gasteiger partial charge in [0.15, 0.2) is 69.0 Å². The molecule has 436 valence electrons. The molecular weight excluding hydrogens is 1070 g/mol. The zero-order valence-corrected chi connectivity index (χ0v) is 47.2. The van der Waals surface area contributed by atoms with Crippen LogP contribution in [0.2, 0.25) is 0 Å². The van der Waals surface area contributed by atoms with Crippen LogP contribution in [-0.2, 0) is 16.1 Å². The van der Waals surface area contributed by atoms with Crippen molar-refractivity contribution in [3.05, 3.63) is 140 Å². The Bertz CT molecular complexity index is 3160. The highest BCUT2D eigenvalue weighted by molar-refractivity contribution is 5.81. The van der Waals surface area contributed by atoms with Crippen molar-refractivity contribution >= 4 is 49.7 Å². The van der Waals surface area contributed by atoms with Crippen LogP contribution in [-0.4, -0.2) is 127 Å². The van der Waals surface area contributed by atoms with E-state index >= 15 is 0 Å². The first-order valence-corrected chi connectivity index (χ1v) is 24.3. The molecule has 0 heterocycles. The van der Waals surface area contributed by atoms with Gasteiger partial charge >= 0.3 is 11.9 Å². The lowest BCUT2D eigenvalue weighted by molar-refractivity contribution is -0.133. The Labute approximate surface area is 474 Å². The molecule has 0 spiro atoms. The van der Waals surface area contributed by atoms with Crippen molar-refractivity contribution in [2.75, 3.05) is 42.0 Å². The number of methoxy groups -OCH3 is 3. The minimum Gasteiger partial charge on any atom is -0.504 e. The van der Waals surface area contributed by atoms with Crippen molar-refractivity contribution < 1.29 is 97.4 Å². The number of esters is 2. The summed E-state index contributed by atoms with van der Waals surface area (Å²) in [6.45, 7) is 10.2. The summed E-state index contributed by atoms with van der Waals surface area (Å²) in [5, 5.41) is 55.7. The summed E-state index contributed by atoms with van der Waals surface area (Å²) in [6, 6.07) is 19.4. The molecule has 0 aliphatic rings. The van der Waals surface area contributed by atoms with Crippen molar-refractivity contribution in [3.8, 4) is 81.3 Å². The first-order valence-electron chi connectivity index (χ1n) is 24.3. The van der Waals surface area contributed by atoms with Crippen molar-refractivity contribution in [2.24, 2.45) is 0 Å². The largest absolute Gasteiger partial charge is 0.504 e. The Morgan fingerprint density at radius 3 is 1.33 bits per heavy atom. The van der Waals surface area contributed by atoms with Gasteiger partial charge in [-0.15, -0.1) is 12.3 Å². The van der Waals surface area contributed by atoms with Crippen LogP contribution in [0.3, 0.4) is 0 Å². The molecule has 0 saturated heterocycles. The van der Waals surface area contributed by atoms with Gasteiger partial charge in [0.05, 0.1) is 27.9 Å². The molecule has 6 aromatic rings. The smallest absolute Gasteiger partial charge is 0.308 e. The lowest BCUT2D eigenvalue weighted by atomic mass is 10.1. The zero-order valence-electron chi connectivity index (χ0n) is 47.2. The van der Waals surface area contributed by atoms with E-state index in [-0.39, 0.29) is 40.2 Å². The fourth-order valence-corrected chi connectivity index (χ4v) is 6.70. The first-order chi connectivity index (χ1) is 38.8. The van der Waals surface area contributed by atoms with E-state index in [1.807, 2.05) is 19.0 Å². The van der Waals surface area contributed by atoms with Crippen LogP contribution in [0.5, 0.6) is 69.0 Å². The minimum absolute atomic E-state index is 0.0399. The molecule has 0 bridgehead atoms. The SMILES string of the molecule is C#CCCCOc1cc(C=O)cc(C)c1OC(C)=O.CC(=O)Oc1c(C)cc(C=O)cc1O.COc1cc(C=O)cc(C)c1O.COc1cc(C=O)cc(CN(C)C)c1O.COc1cc(C=O)ccc1O.Cc1cc(C=O)cc(O)c1O. The molecule has 0 fully saturated rings. The molecule has 0 aliphatic carbocycles. The Kier molecular flexibility index (Phi) is 30.7. The van der Waals surface area contributed by atoms with Gasteiger partial charge in [-0.05, 0) is 149 Å². The summed E-state index contributed by atoms with van der Waals surface area (Å²) < 4.78 is 30.0. The Morgan fingerprint density at radius 2 is 0.890 bits per heavy atom. The van der Waals surface area contributed by atoms with Gasteiger partial charge in [0.2, 0.25) is 0 Å². The number of carbonyl (C=O) groups is 8. The van der Waals surface area contributed by atoms with Crippen molar-refractivity contribution in [2.45, 2.75) is 60.9 Å². The number of rotatable bonds is 17. The predicted molar refractivity (Wildman–Crippen MR) is 303 cm³/mol. The summed E-state index contributed by atoms with van der Waals surface area (Å²) >= 11 is 0. The van der Waals surface area contributed by atoms with Crippen LogP contribution in [0.15, 0.2) is 78.9 Å². The van der Waals surface area contributed by atoms with Gasteiger partial charge in [0, 0.05) is 65.8 Å². The molecule has 0 aromatic heterocycles. The van der Waals surface area contributed by atoms with E-state index in [4.69, 9.17) is 50.2 Å². The molecule has 0 saturated carbocycles. The number of aldehydes is 6. The van der Waals surface area contributed by atoms with Crippen LogP contribution < -0.4 is 28.4 Å². The van der Waals surface area contributed by atoms with Gasteiger partial charge in [-0.25, -0.2) is 0 Å². The van der Waals surface area contributed by atoms with E-state index in [1.54, 1.807) is 52.0 Å². The number of hydrogen-bond acceptors (Lipinski definition) is 21. The number of terminal acetylenes is 1. The van der Waals surface area contributed by atoms with Gasteiger partial charge in [-0.2, -0.15) is 0 Å². The number of hydrogen-bond donors (Lipinski definition) is 6. The van der Waals surface area contributed by atoms with E-state index in [0.717, 1.165) is 18.9 Å². The van der Waals surface area contributed by atoms with Crippen LogP contribution in [0.4, 0.5) is 0 Å². The predicted octanol–water partition coefficient (Wildman–Crippen LogP) is 9.19. The van der Waals surface area contributed by atoms with Gasteiger partial charge in [0.1, 0.15) is 37.7 Å². The number of phenols is 6. The van der Waals surface area contributed by atoms with E-state index < -0.39 is 11.9 Å². The summed E-state index contributed by atoms with van der Waals surface area (Å²) in [5.74, 6) is 2.96. The van der Waals surface area contributed by atoms with Gasteiger partial charge in [0.25, 0.3) is 0 Å². The van der Waals surface area contributed by atoms with Crippen LogP contribution in [0, 0.1) is 40.0 Å². The van der Waals surface area contributed by atoms with Gasteiger partial charge in [-0.1, -0.05) is 0 Å². The third kappa shape index (κ3) is 23.4. The fourth-order valence-electron chi connectivity index (χ4n) is 6.70. The molecule has 0 aliphatic heterocycles. The monoisotopic (exact) mass is 1130 g/mol. The Morgan fingerprint density at radius 1 is 0.488 bits per heavy atom. The number of aromatic hydroxyl groups is 6. The van der Waals surface area contributed by atoms with E-state index in [2.05, 4.69) is 5.92 Å². The van der Waals surface area contributed by atoms with Gasteiger partial charge in [-0.3, -0.25) is 38.4 Å². The second-order valence-electron chi connectivity index (χ2n) is 17.4. The third-order valence-corrected chi connectivity index (χ3v) is 10.5. The molecule has 0 amide bonds. The average molecular weight is 1130 g/mol. The Hall–Kier alpha value is -10.2. The lowest BCUT2D eigenvalue weighted by Crippen LogP contribution is -2.11. The molecule has 82 heavy (non-hydrogen) atoms. The number of nitrogens with zero attached hydrogens (tertiary/aromatic N) is 1. The second-order valence-corrected chi connectivity index (χ2v) is 17.4. The molecule has 21 heteroatoms. The number of ether oxygens (including phenoxy) is 6. The molecule has 0 unspecified atom stereocenters. The molecule has 0 atom stereocenters. The van der Waals surface area contributed by atoms with Crippen molar-refractivity contribution in [1.82, 2.24) is 4.90 Å². The second kappa shape index (κ2) is 36.1. The first kappa shape index (κ1) is 69.8. The quantitative estimate of drug-likeness (QED) is 0.0124. The number of aryl methyl sites for hydroxylation is 4. The molecule has 6 aromatic carbocycles. The average Bonchev–Trinajstić information content (AvgIpc) is 3.48. The van der Waals surface area contributed by atoms with E-state index in [1.165, 1.54) is 89.8 Å². The minimum atomic E-state index is -0.512. The van der Waals surface area contributed by atoms with Crippen molar-refractivity contribution in [3.63, 3.8) is 0 Å². The lowest BCUT2D eigenvalue weighted by Gasteiger charge is -2.13. The zero-order chi connectivity index (χ0) is 62.2. The number of carbonyl (C=O) groups excluding carboxylic acids is 8. The summed E-state index contributed by atoms with van der Waals surface area (Å²) in [4.78, 5) is 86.5. The standard InChI is InChI=1S/C15H16O4.C11H15NO3.C10H10O4.C9H10O3.2C8H8O3/c1-4-5-6-7-18-14-9-13(10-16)8-11(2)15(14)19-12(3)17;1-12(2)6-9-4-8(7-13)5-10(15-3)11(9)14;1-6-3-8(5-11)4-9(13)10(6)14-7(2)12;1-6-3-7(5-10)4-8(12-2)9(6)11;1-5-2-6(4-9)3-7(10)8(5)11;1-11-8-4-6(5-9)2-3-7(8)10/h1,8-10H,5-7H2,2-3H3;4-5,7,14H,6H2,1-3H3;3-5,13H,1-2H3;3-5,11H,1-2H3;2-4,10-11H,1H3;2-5,10H,1H3. The maximum Gasteiger partial charge on any atom is 0.308 e. The van der Waals surface area contributed by atoms with Crippen LogP contribution in [0.1, 0.15) is 117 Å². The highest BCUT2D eigenvalue weighted by Crippen LogP contribution is 2.35. The summed E-state index contributed by atoms with van der Waals surface area (Å²) in [6.07, 6.45) is 10.6. The number of benzene rings is 6. The molecule has 0 radical (unpaired) electrons. The maximum atomic E-state index is 11.1. The van der Waals surface area contributed by atoms with Crippen LogP contribution in [0.25, 0.3) is 0 Å². The topological polar surface area (TPSA) is 317 Å². The summed E-state index contributed by atoms with van der Waals surface area (Å²) in [5.41, 5.74) is 5.69. The normalized spacial score (nSPS) is 9.65. The third-order valence-electron chi connectivity index (χ3n) is 10.5. The van der Waals surface area contributed by atoms with E-state index in [9.17, 15) is 53.7 Å². The number of unbranched alkanes of at least 4 members (excludes halogenated alkanes) is 1. The highest BCUT2D eigenvalue weighted by atomic mass is 16.6. The van der Waals surface area contributed by atoms with Crippen LogP contribution >= 0.6 is 0 Å². The molecule has 21 nitrogen and oxygen atoms in total. The summed E-state index contributed by atoms with van der Waals surface area (Å²) in [7, 11) is 8.12. The maximum absolute atomic E-state index is 11.1. The van der Waals surface area contributed by atoms with E-state index in [0.29, 0.717) is 135 Å². The highest BCUT2D eigenvalue weighted by Gasteiger charge is 2.15. The molecule has 6 rings (SSSR count). The Balaban J connectivity index is 0.000000497. The van der Waals surface area contributed by atoms with Crippen molar-refractivity contribution in [1.29, 1.82) is 0 Å². The number of phenolic OH excluding ortho intramolecular Hbond substituents is 6. The fraction of sp³-hybridized carbons (Fsp3) is 0.246. The van der Waals surface area contributed by atoms with Gasteiger partial charge < -0.3 is 64.0 Å². The molecular formula is C61H67NO20. The molecule has 6 N–H and O–H groups in total.